The minimum absolute atomic E-state index is 0.0947. The molecule has 0 saturated heterocycles. The molecule has 112 valence electrons. The molecule has 2 aliphatic heterocycles. The fraction of sp³-hybridized carbons (Fsp3) is 0.278. The van der Waals surface area contributed by atoms with Gasteiger partial charge in [-0.3, -0.25) is 4.90 Å². The number of fused-ring (bicyclic) bond motifs is 2. The van der Waals surface area contributed by atoms with Crippen LogP contribution in [0.4, 0.5) is 0 Å². The zero-order valence-corrected chi connectivity index (χ0v) is 12.2. The Bertz CT molecular complexity index is 713. The normalized spacial score (nSPS) is 19.7. The molecular weight excluding hydrogens is 278 g/mol. The van der Waals surface area contributed by atoms with Gasteiger partial charge in [0.15, 0.2) is 11.5 Å². The Morgan fingerprint density at radius 2 is 1.91 bits per heavy atom. The lowest BCUT2D eigenvalue weighted by Gasteiger charge is -2.25. The van der Waals surface area contributed by atoms with E-state index in [0.29, 0.717) is 19.8 Å². The summed E-state index contributed by atoms with van der Waals surface area (Å²) in [7, 11) is 0. The molecule has 2 heterocycles. The van der Waals surface area contributed by atoms with Crippen LogP contribution in [0.2, 0.25) is 0 Å². The van der Waals surface area contributed by atoms with Gasteiger partial charge in [0.2, 0.25) is 0 Å². The predicted molar refractivity (Wildman–Crippen MR) is 82.2 cm³/mol. The Morgan fingerprint density at radius 3 is 2.77 bits per heavy atom. The standard InChI is InChI=1S/C18H17NO3/c20-8-7-19-12-14-3-1-2-4-15(14)18(19)13-5-6-16-17(11-13)22-10-9-21-16/h1-6,8,11,18H,7,9-10,12H2. The topological polar surface area (TPSA) is 38.8 Å². The van der Waals surface area contributed by atoms with E-state index in [1.54, 1.807) is 0 Å². The van der Waals surface area contributed by atoms with Gasteiger partial charge in [0, 0.05) is 6.54 Å². The zero-order valence-electron chi connectivity index (χ0n) is 12.2. The Morgan fingerprint density at radius 1 is 1.09 bits per heavy atom. The molecule has 0 radical (unpaired) electrons. The first-order chi connectivity index (χ1) is 10.9. The second kappa shape index (κ2) is 5.46. The van der Waals surface area contributed by atoms with Crippen LogP contribution in [0.1, 0.15) is 22.7 Å². The number of carbonyl (C=O) groups excluding carboxylic acids is 1. The fourth-order valence-electron chi connectivity index (χ4n) is 3.34. The van der Waals surface area contributed by atoms with Gasteiger partial charge < -0.3 is 14.3 Å². The highest BCUT2D eigenvalue weighted by Gasteiger charge is 2.31. The third kappa shape index (κ3) is 2.16. The van der Waals surface area contributed by atoms with Gasteiger partial charge in [0.25, 0.3) is 0 Å². The molecule has 0 fully saturated rings. The van der Waals surface area contributed by atoms with Gasteiger partial charge in [0.05, 0.1) is 12.6 Å². The number of aldehydes is 1. The number of rotatable bonds is 3. The Kier molecular flexibility index (Phi) is 3.31. The molecule has 0 spiro atoms. The van der Waals surface area contributed by atoms with Crippen LogP contribution < -0.4 is 9.47 Å². The van der Waals surface area contributed by atoms with Crippen molar-refractivity contribution in [2.45, 2.75) is 12.6 Å². The van der Waals surface area contributed by atoms with Crippen LogP contribution >= 0.6 is 0 Å². The molecular formula is C18H17NO3. The summed E-state index contributed by atoms with van der Waals surface area (Å²) in [6.45, 7) is 2.40. The highest BCUT2D eigenvalue weighted by atomic mass is 16.6. The van der Waals surface area contributed by atoms with Crippen LogP contribution in [-0.2, 0) is 11.3 Å². The van der Waals surface area contributed by atoms with Crippen molar-refractivity contribution in [3.8, 4) is 11.5 Å². The smallest absolute Gasteiger partial charge is 0.161 e. The van der Waals surface area contributed by atoms with Crippen LogP contribution in [0, 0.1) is 0 Å². The molecule has 2 aromatic carbocycles. The van der Waals surface area contributed by atoms with Crippen molar-refractivity contribution in [3.63, 3.8) is 0 Å². The van der Waals surface area contributed by atoms with E-state index in [-0.39, 0.29) is 6.04 Å². The maximum atomic E-state index is 11.0. The minimum Gasteiger partial charge on any atom is -0.486 e. The first-order valence-electron chi connectivity index (χ1n) is 7.52. The minimum atomic E-state index is 0.0947. The van der Waals surface area contributed by atoms with Crippen molar-refractivity contribution in [1.82, 2.24) is 4.90 Å². The number of hydrogen-bond acceptors (Lipinski definition) is 4. The molecule has 2 aliphatic rings. The monoisotopic (exact) mass is 295 g/mol. The first-order valence-corrected chi connectivity index (χ1v) is 7.52. The van der Waals surface area contributed by atoms with E-state index in [9.17, 15) is 4.79 Å². The largest absolute Gasteiger partial charge is 0.486 e. The summed E-state index contributed by atoms with van der Waals surface area (Å²) in [5.41, 5.74) is 3.68. The Balaban J connectivity index is 1.77. The highest BCUT2D eigenvalue weighted by molar-refractivity contribution is 5.55. The van der Waals surface area contributed by atoms with Gasteiger partial charge in [0.1, 0.15) is 19.5 Å². The SMILES string of the molecule is O=CCN1Cc2ccccc2C1c1ccc2c(c1)OCCO2. The van der Waals surface area contributed by atoms with Crippen molar-refractivity contribution in [2.24, 2.45) is 0 Å². The van der Waals surface area contributed by atoms with Crippen molar-refractivity contribution < 1.29 is 14.3 Å². The van der Waals surface area contributed by atoms with Crippen molar-refractivity contribution in [1.29, 1.82) is 0 Å². The zero-order chi connectivity index (χ0) is 14.9. The number of hydrogen-bond donors (Lipinski definition) is 0. The molecule has 0 saturated carbocycles. The lowest BCUT2D eigenvalue weighted by molar-refractivity contribution is -0.109. The molecule has 1 unspecified atom stereocenters. The van der Waals surface area contributed by atoms with Crippen LogP contribution in [0.15, 0.2) is 42.5 Å². The van der Waals surface area contributed by atoms with E-state index in [1.807, 2.05) is 24.3 Å². The average molecular weight is 295 g/mol. The van der Waals surface area contributed by atoms with Crippen LogP contribution in [0.25, 0.3) is 0 Å². The second-order valence-electron chi connectivity index (χ2n) is 5.60. The van der Waals surface area contributed by atoms with E-state index < -0.39 is 0 Å². The summed E-state index contributed by atoms with van der Waals surface area (Å²) in [5, 5.41) is 0. The maximum Gasteiger partial charge on any atom is 0.161 e. The number of benzene rings is 2. The first kappa shape index (κ1) is 13.3. The predicted octanol–water partition coefficient (Wildman–Crippen LogP) is 2.56. The van der Waals surface area contributed by atoms with Crippen molar-refractivity contribution in [2.75, 3.05) is 19.8 Å². The molecule has 4 heteroatoms. The number of nitrogens with zero attached hydrogens (tertiary/aromatic N) is 1. The molecule has 1 atom stereocenters. The number of ether oxygens (including phenoxy) is 2. The maximum absolute atomic E-state index is 11.0. The van der Waals surface area contributed by atoms with Crippen LogP contribution in [-0.4, -0.2) is 30.9 Å². The Labute approximate surface area is 129 Å². The van der Waals surface area contributed by atoms with Crippen molar-refractivity contribution in [3.05, 3.63) is 59.2 Å². The fourth-order valence-corrected chi connectivity index (χ4v) is 3.34. The third-order valence-electron chi connectivity index (χ3n) is 4.28. The van der Waals surface area contributed by atoms with Gasteiger partial charge in [-0.15, -0.1) is 0 Å². The van der Waals surface area contributed by atoms with Crippen molar-refractivity contribution >= 4 is 6.29 Å². The molecule has 4 nitrogen and oxygen atoms in total. The molecule has 0 aromatic heterocycles. The van der Waals surface area contributed by atoms with Gasteiger partial charge in [-0.25, -0.2) is 0 Å². The second-order valence-corrected chi connectivity index (χ2v) is 5.60. The Hall–Kier alpha value is -2.33. The van der Waals surface area contributed by atoms with Crippen LogP contribution in [0.5, 0.6) is 11.5 Å². The van der Waals surface area contributed by atoms with E-state index in [0.717, 1.165) is 29.9 Å². The summed E-state index contributed by atoms with van der Waals surface area (Å²) in [4.78, 5) is 13.2. The number of carbonyl (C=O) groups is 1. The van der Waals surface area contributed by atoms with Gasteiger partial charge in [-0.05, 0) is 28.8 Å². The summed E-state index contributed by atoms with van der Waals surface area (Å²) in [5.74, 6) is 1.59. The van der Waals surface area contributed by atoms with Gasteiger partial charge >= 0.3 is 0 Å². The third-order valence-corrected chi connectivity index (χ3v) is 4.28. The van der Waals surface area contributed by atoms with Gasteiger partial charge in [-0.1, -0.05) is 30.3 Å². The summed E-state index contributed by atoms with van der Waals surface area (Å²) in [6.07, 6.45) is 0.969. The average Bonchev–Trinajstić information content (AvgIpc) is 2.93. The lowest BCUT2D eigenvalue weighted by Crippen LogP contribution is -2.25. The van der Waals surface area contributed by atoms with E-state index >= 15 is 0 Å². The molecule has 22 heavy (non-hydrogen) atoms. The summed E-state index contributed by atoms with van der Waals surface area (Å²) < 4.78 is 11.3. The molecule has 2 aromatic rings. The van der Waals surface area contributed by atoms with E-state index in [2.05, 4.69) is 23.1 Å². The molecule has 0 bridgehead atoms. The van der Waals surface area contributed by atoms with Crippen LogP contribution in [0.3, 0.4) is 0 Å². The van der Waals surface area contributed by atoms with E-state index in [4.69, 9.17) is 9.47 Å². The molecule has 0 amide bonds. The molecule has 4 rings (SSSR count). The summed E-state index contributed by atoms with van der Waals surface area (Å²) in [6, 6.07) is 14.5. The quantitative estimate of drug-likeness (QED) is 0.816. The molecule has 0 aliphatic carbocycles. The summed E-state index contributed by atoms with van der Waals surface area (Å²) >= 11 is 0. The lowest BCUT2D eigenvalue weighted by atomic mass is 9.97. The van der Waals surface area contributed by atoms with E-state index in [1.165, 1.54) is 11.1 Å². The highest BCUT2D eigenvalue weighted by Crippen LogP contribution is 2.41. The van der Waals surface area contributed by atoms with Gasteiger partial charge in [-0.2, -0.15) is 0 Å². The molecule has 0 N–H and O–H groups in total.